The minimum atomic E-state index is -4.32. The number of carbonyl (C=O) groups excluding carboxylic acids is 2. The van der Waals surface area contributed by atoms with Crippen LogP contribution in [-0.2, 0) is 32.6 Å². The number of anilines is 1. The molecule has 1 atom stereocenters. The Labute approximate surface area is 287 Å². The summed E-state index contributed by atoms with van der Waals surface area (Å²) in [5.74, 6) is -0.477. The van der Waals surface area contributed by atoms with Gasteiger partial charge in [0, 0.05) is 29.6 Å². The molecule has 248 valence electrons. The van der Waals surface area contributed by atoms with Crippen molar-refractivity contribution in [2.24, 2.45) is 5.92 Å². The van der Waals surface area contributed by atoms with E-state index in [4.69, 9.17) is 27.9 Å². The van der Waals surface area contributed by atoms with Crippen LogP contribution in [0.1, 0.15) is 31.9 Å². The average molecular weight is 697 g/mol. The first-order chi connectivity index (χ1) is 22.5. The van der Waals surface area contributed by atoms with Crippen LogP contribution in [0.2, 0.25) is 10.0 Å². The number of para-hydroxylation sites is 2. The van der Waals surface area contributed by atoms with Gasteiger partial charge in [-0.15, -0.1) is 0 Å². The third-order valence-electron chi connectivity index (χ3n) is 7.31. The molecule has 0 saturated carbocycles. The first-order valence-electron chi connectivity index (χ1n) is 15.3. The Balaban J connectivity index is 1.83. The summed E-state index contributed by atoms with van der Waals surface area (Å²) >= 11 is 12.4. The average Bonchev–Trinajstić information content (AvgIpc) is 3.05. The van der Waals surface area contributed by atoms with Gasteiger partial charge in [0.2, 0.25) is 11.8 Å². The van der Waals surface area contributed by atoms with E-state index in [9.17, 15) is 18.0 Å². The molecule has 0 saturated heterocycles. The fraction of sp³-hybridized carbons (Fsp3) is 0.278. The van der Waals surface area contributed by atoms with E-state index in [-0.39, 0.29) is 47.7 Å². The molecule has 4 rings (SSSR count). The Kier molecular flexibility index (Phi) is 12.7. The second-order valence-electron chi connectivity index (χ2n) is 11.4. The number of sulfonamides is 1. The molecule has 47 heavy (non-hydrogen) atoms. The number of hydrogen-bond donors (Lipinski definition) is 1. The van der Waals surface area contributed by atoms with E-state index < -0.39 is 28.5 Å². The van der Waals surface area contributed by atoms with Gasteiger partial charge in [0.15, 0.2) is 0 Å². The van der Waals surface area contributed by atoms with Gasteiger partial charge in [-0.2, -0.15) is 0 Å². The smallest absolute Gasteiger partial charge is 0.264 e. The van der Waals surface area contributed by atoms with E-state index >= 15 is 0 Å². The molecule has 0 aliphatic heterocycles. The second kappa shape index (κ2) is 16.7. The van der Waals surface area contributed by atoms with Crippen molar-refractivity contribution in [3.63, 3.8) is 0 Å². The van der Waals surface area contributed by atoms with Crippen LogP contribution in [0.15, 0.2) is 108 Å². The minimum absolute atomic E-state index is 0.00787. The normalized spacial score (nSPS) is 12.0. The summed E-state index contributed by atoms with van der Waals surface area (Å²) < 4.78 is 35.4. The van der Waals surface area contributed by atoms with Crippen LogP contribution in [0.4, 0.5) is 5.69 Å². The predicted octanol–water partition coefficient (Wildman–Crippen LogP) is 7.00. The third-order valence-corrected chi connectivity index (χ3v) is 9.57. The molecule has 0 bridgehead atoms. The van der Waals surface area contributed by atoms with E-state index in [2.05, 4.69) is 5.32 Å². The van der Waals surface area contributed by atoms with Gasteiger partial charge >= 0.3 is 0 Å². The van der Waals surface area contributed by atoms with Gasteiger partial charge < -0.3 is 15.0 Å². The highest BCUT2D eigenvalue weighted by Gasteiger charge is 2.35. The number of halogens is 2. The number of hydrogen-bond acceptors (Lipinski definition) is 5. The van der Waals surface area contributed by atoms with Crippen molar-refractivity contribution in [3.8, 4) is 5.75 Å². The maximum absolute atomic E-state index is 14.6. The fourth-order valence-electron chi connectivity index (χ4n) is 5.00. The molecule has 4 aromatic rings. The molecule has 0 spiro atoms. The highest BCUT2D eigenvalue weighted by Crippen LogP contribution is 2.33. The highest BCUT2D eigenvalue weighted by atomic mass is 35.5. The second-order valence-corrected chi connectivity index (χ2v) is 14.1. The monoisotopic (exact) mass is 695 g/mol. The molecule has 0 aliphatic rings. The summed E-state index contributed by atoms with van der Waals surface area (Å²) in [7, 11) is -4.32. The molecular formula is C36H39Cl2N3O5S. The van der Waals surface area contributed by atoms with Gasteiger partial charge in [0.25, 0.3) is 10.0 Å². The lowest BCUT2D eigenvalue weighted by molar-refractivity contribution is -0.140. The van der Waals surface area contributed by atoms with Gasteiger partial charge in [-0.1, -0.05) is 91.6 Å². The Bertz CT molecular complexity index is 1750. The topological polar surface area (TPSA) is 96.0 Å². The van der Waals surface area contributed by atoms with Crippen LogP contribution in [-0.4, -0.2) is 50.9 Å². The molecule has 0 fully saturated rings. The quantitative estimate of drug-likeness (QED) is 0.145. The zero-order chi connectivity index (χ0) is 34.0. The first-order valence-corrected chi connectivity index (χ1v) is 17.5. The number of nitrogens with zero attached hydrogens (tertiary/aromatic N) is 2. The Hall–Kier alpha value is -4.05. The van der Waals surface area contributed by atoms with Gasteiger partial charge in [0.05, 0.1) is 17.2 Å². The maximum Gasteiger partial charge on any atom is 0.264 e. The lowest BCUT2D eigenvalue weighted by Gasteiger charge is -2.34. The number of nitrogens with one attached hydrogen (secondary N) is 1. The predicted molar refractivity (Wildman–Crippen MR) is 187 cm³/mol. The van der Waals surface area contributed by atoms with Gasteiger partial charge in [0.1, 0.15) is 18.3 Å². The van der Waals surface area contributed by atoms with Crippen molar-refractivity contribution in [2.45, 2.75) is 44.7 Å². The molecule has 4 aromatic carbocycles. The van der Waals surface area contributed by atoms with Gasteiger partial charge in [-0.3, -0.25) is 13.9 Å². The molecule has 1 N–H and O–H groups in total. The SMILES string of the molecule is CCOc1ccccc1N(CC(=O)N(Cc1cccc(Cl)c1)[C@H](Cc1ccccc1)C(=O)NCC(C)C)S(=O)(=O)c1ccc(Cl)cc1. The van der Waals surface area contributed by atoms with Crippen LogP contribution >= 0.6 is 23.2 Å². The van der Waals surface area contributed by atoms with E-state index in [1.54, 1.807) is 49.4 Å². The summed E-state index contributed by atoms with van der Waals surface area (Å²) in [6, 6.07) is 27.8. The number of benzene rings is 4. The van der Waals surface area contributed by atoms with Crippen molar-refractivity contribution in [3.05, 3.63) is 124 Å². The van der Waals surface area contributed by atoms with Crippen LogP contribution in [0.3, 0.4) is 0 Å². The highest BCUT2D eigenvalue weighted by molar-refractivity contribution is 7.92. The largest absolute Gasteiger partial charge is 0.492 e. The lowest BCUT2D eigenvalue weighted by atomic mass is 10.0. The van der Waals surface area contributed by atoms with E-state index in [0.717, 1.165) is 9.87 Å². The van der Waals surface area contributed by atoms with Crippen LogP contribution in [0.25, 0.3) is 0 Å². The van der Waals surface area contributed by atoms with Crippen LogP contribution in [0, 0.1) is 5.92 Å². The molecule has 0 heterocycles. The number of ether oxygens (including phenoxy) is 1. The molecule has 8 nitrogen and oxygen atoms in total. The molecule has 11 heteroatoms. The molecule has 0 unspecified atom stereocenters. The van der Waals surface area contributed by atoms with E-state index in [1.165, 1.54) is 29.2 Å². The summed E-state index contributed by atoms with van der Waals surface area (Å²) in [4.78, 5) is 29.9. The standard InChI is InChI=1S/C36H39Cl2N3O5S/c1-4-46-34-16-9-8-15-32(34)41(47(44,45)31-19-17-29(37)18-20-31)25-35(42)40(24-28-13-10-14-30(38)21-28)33(36(43)39-23-26(2)3)22-27-11-6-5-7-12-27/h5-21,26,33H,4,22-25H2,1-3H3,(H,39,43)/t33-/m1/s1. The van der Waals surface area contributed by atoms with Gasteiger partial charge in [-0.25, -0.2) is 8.42 Å². The molecule has 0 aromatic heterocycles. The summed E-state index contributed by atoms with van der Waals surface area (Å²) in [6.07, 6.45) is 0.205. The van der Waals surface area contributed by atoms with Crippen molar-refractivity contribution < 1.29 is 22.7 Å². The van der Waals surface area contributed by atoms with Crippen LogP contribution < -0.4 is 14.4 Å². The maximum atomic E-state index is 14.6. The zero-order valence-electron chi connectivity index (χ0n) is 26.6. The third kappa shape index (κ3) is 9.73. The fourth-order valence-corrected chi connectivity index (χ4v) is 6.76. The Morgan fingerprint density at radius 3 is 2.15 bits per heavy atom. The van der Waals surface area contributed by atoms with Crippen molar-refractivity contribution in [1.82, 2.24) is 10.2 Å². The van der Waals surface area contributed by atoms with Gasteiger partial charge in [-0.05, 0) is 72.5 Å². The first kappa shape index (κ1) is 35.8. The molecule has 0 radical (unpaired) electrons. The number of carbonyl (C=O) groups is 2. The van der Waals surface area contributed by atoms with E-state index in [0.29, 0.717) is 22.2 Å². The Morgan fingerprint density at radius 1 is 0.830 bits per heavy atom. The minimum Gasteiger partial charge on any atom is -0.492 e. The summed E-state index contributed by atoms with van der Waals surface area (Å²) in [5, 5.41) is 3.82. The molecule has 2 amide bonds. The molecular weight excluding hydrogens is 657 g/mol. The molecule has 0 aliphatic carbocycles. The van der Waals surface area contributed by atoms with Crippen LogP contribution in [0.5, 0.6) is 5.75 Å². The lowest BCUT2D eigenvalue weighted by Crippen LogP contribution is -2.53. The number of amides is 2. The number of rotatable bonds is 15. The van der Waals surface area contributed by atoms with Crippen molar-refractivity contribution in [1.29, 1.82) is 0 Å². The van der Waals surface area contributed by atoms with E-state index in [1.807, 2.05) is 50.2 Å². The summed E-state index contributed by atoms with van der Waals surface area (Å²) in [6.45, 7) is 5.83. The zero-order valence-corrected chi connectivity index (χ0v) is 28.9. The summed E-state index contributed by atoms with van der Waals surface area (Å²) in [5.41, 5.74) is 1.71. The van der Waals surface area contributed by atoms with Crippen molar-refractivity contribution >= 4 is 50.7 Å². The Morgan fingerprint density at radius 2 is 1.49 bits per heavy atom. The van der Waals surface area contributed by atoms with Crippen molar-refractivity contribution in [2.75, 3.05) is 24.0 Å².